The van der Waals surface area contributed by atoms with Crippen molar-refractivity contribution in [2.75, 3.05) is 36.0 Å². The molecule has 5 rings (SSSR count). The number of aromatic nitrogens is 8. The van der Waals surface area contributed by atoms with Crippen molar-refractivity contribution in [3.63, 3.8) is 0 Å². The van der Waals surface area contributed by atoms with Crippen molar-refractivity contribution in [1.82, 2.24) is 39.4 Å². The molecule has 0 N–H and O–H groups in total. The van der Waals surface area contributed by atoms with Crippen LogP contribution in [-0.4, -0.2) is 65.6 Å². The molecule has 4 aromatic heterocycles. The van der Waals surface area contributed by atoms with Crippen molar-refractivity contribution in [1.29, 1.82) is 0 Å². The topological polar surface area (TPSA) is 92.6 Å². The largest absolute Gasteiger partial charge is 0.453 e. The fraction of sp³-hybridized carbons (Fsp3) is 0.412. The molecule has 1 saturated heterocycles. The van der Waals surface area contributed by atoms with E-state index in [1.54, 1.807) is 10.6 Å². The smallest absolute Gasteiger partial charge is 0.353 e. The van der Waals surface area contributed by atoms with Gasteiger partial charge >= 0.3 is 6.18 Å². The average molecular weight is 418 g/mol. The van der Waals surface area contributed by atoms with Crippen LogP contribution in [0.15, 0.2) is 18.5 Å². The van der Waals surface area contributed by atoms with Crippen molar-refractivity contribution >= 4 is 23.1 Å². The van der Waals surface area contributed by atoms with Gasteiger partial charge < -0.3 is 9.80 Å². The quantitative estimate of drug-likeness (QED) is 0.484. The molecule has 10 nitrogen and oxygen atoms in total. The van der Waals surface area contributed by atoms with Crippen LogP contribution in [0.1, 0.15) is 17.1 Å². The second kappa shape index (κ2) is 6.50. The van der Waals surface area contributed by atoms with Crippen LogP contribution >= 0.6 is 0 Å². The fourth-order valence-electron chi connectivity index (χ4n) is 3.66. The summed E-state index contributed by atoms with van der Waals surface area (Å²) in [6.45, 7) is 6.38. The first-order valence-electron chi connectivity index (χ1n) is 9.29. The van der Waals surface area contributed by atoms with Gasteiger partial charge in [0, 0.05) is 37.4 Å². The number of halogens is 3. The van der Waals surface area contributed by atoms with E-state index in [1.165, 1.54) is 12.4 Å². The molecule has 0 spiro atoms. The molecule has 30 heavy (non-hydrogen) atoms. The first-order valence-corrected chi connectivity index (χ1v) is 9.29. The lowest BCUT2D eigenvalue weighted by Crippen LogP contribution is -2.48. The van der Waals surface area contributed by atoms with Crippen LogP contribution in [0.4, 0.5) is 24.8 Å². The molecule has 1 fully saturated rings. The van der Waals surface area contributed by atoms with Crippen LogP contribution in [0.25, 0.3) is 11.4 Å². The van der Waals surface area contributed by atoms with E-state index in [0.717, 1.165) is 21.6 Å². The highest BCUT2D eigenvalue weighted by molar-refractivity contribution is 5.55. The summed E-state index contributed by atoms with van der Waals surface area (Å²) in [6.07, 6.45) is -3.15. The Morgan fingerprint density at radius 2 is 1.67 bits per heavy atom. The van der Waals surface area contributed by atoms with Gasteiger partial charge in [0.15, 0.2) is 5.65 Å². The number of piperazine rings is 1. The third-order valence-corrected chi connectivity index (χ3v) is 5.28. The van der Waals surface area contributed by atoms with E-state index in [-0.39, 0.29) is 5.65 Å². The molecule has 0 aromatic carbocycles. The maximum absolute atomic E-state index is 13.1. The number of nitrogens with zero attached hydrogens (tertiary/aromatic N) is 10. The monoisotopic (exact) mass is 418 g/mol. The summed E-state index contributed by atoms with van der Waals surface area (Å²) in [4.78, 5) is 12.7. The lowest BCUT2D eigenvalue weighted by atomic mass is 10.2. The summed E-state index contributed by atoms with van der Waals surface area (Å²) in [5.74, 6) is 0.779. The van der Waals surface area contributed by atoms with Crippen LogP contribution in [0, 0.1) is 13.8 Å². The number of aryl methyl sites for hydroxylation is 1. The molecule has 0 aliphatic carbocycles. The Labute approximate surface area is 168 Å². The molecule has 0 unspecified atom stereocenters. The zero-order valence-electron chi connectivity index (χ0n) is 16.2. The predicted octanol–water partition coefficient (Wildman–Crippen LogP) is 1.52. The molecular formula is C17H17F3N10. The summed E-state index contributed by atoms with van der Waals surface area (Å²) < 4.78 is 41.9. The minimum Gasteiger partial charge on any atom is -0.353 e. The van der Waals surface area contributed by atoms with Crippen LogP contribution in [0.3, 0.4) is 0 Å². The van der Waals surface area contributed by atoms with E-state index in [9.17, 15) is 13.2 Å². The van der Waals surface area contributed by atoms with E-state index >= 15 is 0 Å². The number of hydrogen-bond acceptors (Lipinski definition) is 8. The molecule has 4 aromatic rings. The third-order valence-electron chi connectivity index (χ3n) is 5.28. The Balaban J connectivity index is 1.42. The first-order chi connectivity index (χ1) is 14.3. The van der Waals surface area contributed by atoms with E-state index < -0.39 is 12.0 Å². The van der Waals surface area contributed by atoms with E-state index in [4.69, 9.17) is 0 Å². The van der Waals surface area contributed by atoms with Crippen LogP contribution in [-0.2, 0) is 6.18 Å². The zero-order chi connectivity index (χ0) is 21.0. The lowest BCUT2D eigenvalue weighted by molar-refractivity contribution is -0.146. The van der Waals surface area contributed by atoms with Gasteiger partial charge in [0.1, 0.15) is 18.0 Å². The SMILES string of the molecule is Cc1nc2ncnn2c(N2CCN(c3ccc4nnc(C(F)(F)F)n4n3)CC2)c1C. The van der Waals surface area contributed by atoms with Crippen molar-refractivity contribution in [3.8, 4) is 0 Å². The molecule has 13 heteroatoms. The molecule has 0 bridgehead atoms. The second-order valence-electron chi connectivity index (χ2n) is 7.07. The highest BCUT2D eigenvalue weighted by Gasteiger charge is 2.38. The molecule has 0 saturated carbocycles. The standard InChI is InChI=1S/C17H17F3N10/c1-10-11(2)23-16-21-9-22-30(16)14(10)28-7-5-27(6-8-28)13-4-3-12-24-25-15(17(18,19)20)29(12)26-13/h3-4,9H,5-8H2,1-2H3. The van der Waals surface area contributed by atoms with Gasteiger partial charge in [-0.1, -0.05) is 0 Å². The van der Waals surface area contributed by atoms with Gasteiger partial charge in [0.25, 0.3) is 11.6 Å². The zero-order valence-corrected chi connectivity index (χ0v) is 16.2. The number of fused-ring (bicyclic) bond motifs is 2. The van der Waals surface area contributed by atoms with Gasteiger partial charge in [-0.2, -0.15) is 32.3 Å². The third kappa shape index (κ3) is 2.88. The Morgan fingerprint density at radius 3 is 2.40 bits per heavy atom. The molecule has 1 aliphatic rings. The normalized spacial score (nSPS) is 15.5. The fourth-order valence-corrected chi connectivity index (χ4v) is 3.66. The van der Waals surface area contributed by atoms with Crippen molar-refractivity contribution in [3.05, 3.63) is 35.5 Å². The molecule has 156 valence electrons. The maximum atomic E-state index is 13.1. The van der Waals surface area contributed by atoms with E-state index in [2.05, 4.69) is 35.3 Å². The Morgan fingerprint density at radius 1 is 0.933 bits per heavy atom. The number of rotatable bonds is 2. The highest BCUT2D eigenvalue weighted by Crippen LogP contribution is 2.28. The molecular weight excluding hydrogens is 401 g/mol. The van der Waals surface area contributed by atoms with Crippen molar-refractivity contribution < 1.29 is 13.2 Å². The van der Waals surface area contributed by atoms with Crippen LogP contribution in [0.5, 0.6) is 0 Å². The van der Waals surface area contributed by atoms with Gasteiger partial charge in [-0.15, -0.1) is 15.3 Å². The summed E-state index contributed by atoms with van der Waals surface area (Å²) in [6, 6.07) is 3.16. The average Bonchev–Trinajstić information content (AvgIpc) is 3.35. The molecule has 0 atom stereocenters. The number of alkyl halides is 3. The molecule has 1 aliphatic heterocycles. The minimum atomic E-state index is -4.62. The van der Waals surface area contributed by atoms with Crippen LogP contribution in [0.2, 0.25) is 0 Å². The lowest BCUT2D eigenvalue weighted by Gasteiger charge is -2.37. The summed E-state index contributed by atoms with van der Waals surface area (Å²) in [5, 5.41) is 15.2. The predicted molar refractivity (Wildman–Crippen MR) is 100 cm³/mol. The van der Waals surface area contributed by atoms with Gasteiger partial charge in [-0.05, 0) is 26.0 Å². The first kappa shape index (κ1) is 18.5. The van der Waals surface area contributed by atoms with Gasteiger partial charge in [0.05, 0.1) is 0 Å². The summed E-state index contributed by atoms with van der Waals surface area (Å²) in [5.41, 5.74) is 1.95. The maximum Gasteiger partial charge on any atom is 0.453 e. The van der Waals surface area contributed by atoms with Crippen molar-refractivity contribution in [2.24, 2.45) is 0 Å². The molecule has 5 heterocycles. The Kier molecular flexibility index (Phi) is 4.01. The molecule has 0 amide bonds. The van der Waals surface area contributed by atoms with Gasteiger partial charge in [0.2, 0.25) is 0 Å². The van der Waals surface area contributed by atoms with Crippen molar-refractivity contribution in [2.45, 2.75) is 20.0 Å². The van der Waals surface area contributed by atoms with Gasteiger partial charge in [-0.25, -0.2) is 4.98 Å². The van der Waals surface area contributed by atoms with Crippen LogP contribution < -0.4 is 9.80 Å². The minimum absolute atomic E-state index is 0.0566. The number of anilines is 2. The van der Waals surface area contributed by atoms with E-state index in [0.29, 0.717) is 37.8 Å². The second-order valence-corrected chi connectivity index (χ2v) is 7.07. The number of hydrogen-bond donors (Lipinski definition) is 0. The summed E-state index contributed by atoms with van der Waals surface area (Å²) >= 11 is 0. The highest BCUT2D eigenvalue weighted by atomic mass is 19.4. The summed E-state index contributed by atoms with van der Waals surface area (Å²) in [7, 11) is 0. The Hall–Kier alpha value is -3.51. The van der Waals surface area contributed by atoms with E-state index in [1.807, 2.05) is 18.7 Å². The Bertz CT molecular complexity index is 1240. The van der Waals surface area contributed by atoms with Gasteiger partial charge in [-0.3, -0.25) is 0 Å². The molecule has 0 radical (unpaired) electrons.